The lowest BCUT2D eigenvalue weighted by molar-refractivity contribution is -0.386. The maximum atomic E-state index is 12.1. The fourth-order valence-corrected chi connectivity index (χ4v) is 3.69. The van der Waals surface area contributed by atoms with Gasteiger partial charge in [0.2, 0.25) is 11.5 Å². The maximum absolute atomic E-state index is 12.1. The number of nitrogens with one attached hydrogen (secondary N) is 2. The third-order valence-corrected chi connectivity index (χ3v) is 5.08. The molecule has 2 aromatic rings. The van der Waals surface area contributed by atoms with Crippen LogP contribution in [0.15, 0.2) is 24.3 Å². The van der Waals surface area contributed by atoms with Crippen LogP contribution in [0.2, 0.25) is 20.1 Å². The fraction of sp³-hybridized carbons (Fsp3) is 0.263. The Hall–Kier alpha value is -3.06. The van der Waals surface area contributed by atoms with Crippen molar-refractivity contribution in [2.75, 3.05) is 19.8 Å². The number of ether oxygens (including phenoxy) is 2. The summed E-state index contributed by atoms with van der Waals surface area (Å²) >= 11 is 23.3. The molecule has 0 heterocycles. The van der Waals surface area contributed by atoms with E-state index in [1.165, 1.54) is 12.1 Å². The monoisotopic (exact) mass is 568 g/mol. The molecule has 0 radical (unpaired) electrons. The Balaban J connectivity index is 1.84. The molecule has 0 aliphatic heterocycles. The highest BCUT2D eigenvalue weighted by Gasteiger charge is 2.23. The Kier molecular flexibility index (Phi) is 10.1. The molecule has 188 valence electrons. The first kappa shape index (κ1) is 28.2. The van der Waals surface area contributed by atoms with Crippen molar-refractivity contribution in [3.05, 3.63) is 64.6 Å². The van der Waals surface area contributed by atoms with Gasteiger partial charge in [0.05, 0.1) is 19.9 Å². The van der Waals surface area contributed by atoms with Crippen molar-refractivity contribution in [3.63, 3.8) is 0 Å². The lowest BCUT2D eigenvalue weighted by Gasteiger charge is -2.16. The van der Waals surface area contributed by atoms with E-state index in [0.717, 1.165) is 12.1 Å². The Morgan fingerprint density at radius 1 is 0.857 bits per heavy atom. The van der Waals surface area contributed by atoms with Gasteiger partial charge in [-0.15, -0.1) is 0 Å². The molecule has 0 unspecified atom stereocenters. The summed E-state index contributed by atoms with van der Waals surface area (Å²) in [5.74, 6) is -1.92. The number of hydrogen-bond acceptors (Lipinski definition) is 8. The average Bonchev–Trinajstić information content (AvgIpc) is 2.75. The molecule has 0 spiro atoms. The third kappa shape index (κ3) is 8.28. The molecule has 0 bridgehead atoms. The predicted octanol–water partition coefficient (Wildman–Crippen LogP) is 4.20. The number of nitrogens with zero attached hydrogens (tertiary/aromatic N) is 2. The van der Waals surface area contributed by atoms with Crippen molar-refractivity contribution in [2.24, 2.45) is 0 Å². The van der Waals surface area contributed by atoms with Crippen LogP contribution in [0.4, 0.5) is 11.4 Å². The highest BCUT2D eigenvalue weighted by molar-refractivity contribution is 6.36. The molecule has 2 aromatic carbocycles. The minimum atomic E-state index is -0.753. The largest absolute Gasteiger partial charge is 0.476 e. The summed E-state index contributed by atoms with van der Waals surface area (Å²) in [6, 6.07) is 3.95. The minimum absolute atomic E-state index is 0.0276. The van der Waals surface area contributed by atoms with Gasteiger partial charge in [-0.1, -0.05) is 46.4 Å². The molecule has 2 rings (SSSR count). The molecular weight excluding hydrogens is 554 g/mol. The molecule has 0 saturated heterocycles. The number of nitro groups is 2. The van der Waals surface area contributed by atoms with E-state index in [1.54, 1.807) is 6.92 Å². The average molecular weight is 570 g/mol. The summed E-state index contributed by atoms with van der Waals surface area (Å²) < 4.78 is 10.4. The van der Waals surface area contributed by atoms with E-state index in [4.69, 9.17) is 55.9 Å². The number of carbonyl (C=O) groups excluding carboxylic acids is 2. The number of nitro benzene ring substituents is 2. The zero-order chi connectivity index (χ0) is 26.3. The fourth-order valence-electron chi connectivity index (χ4n) is 2.61. The SMILES string of the molecule is C[C@H](CNC(=O)COc1c(Cl)cc(Cl)cc1[N+](=O)[O-])NC(=O)COc1c(Cl)cc(Cl)cc1[N+](=O)[O-]. The molecule has 0 fully saturated rings. The molecule has 0 saturated carbocycles. The third-order valence-electron chi connectivity index (χ3n) is 4.08. The zero-order valence-corrected chi connectivity index (χ0v) is 20.7. The van der Waals surface area contributed by atoms with Crippen molar-refractivity contribution < 1.29 is 28.9 Å². The number of carbonyl (C=O) groups is 2. The van der Waals surface area contributed by atoms with Crippen LogP contribution in [0.1, 0.15) is 6.92 Å². The summed E-state index contributed by atoms with van der Waals surface area (Å²) in [5.41, 5.74) is -1.01. The van der Waals surface area contributed by atoms with E-state index in [2.05, 4.69) is 10.6 Å². The Morgan fingerprint density at radius 2 is 1.29 bits per heavy atom. The first-order valence-electron chi connectivity index (χ1n) is 9.47. The van der Waals surface area contributed by atoms with Crippen LogP contribution >= 0.6 is 46.4 Å². The van der Waals surface area contributed by atoms with Gasteiger partial charge in [0.1, 0.15) is 0 Å². The molecule has 2 N–H and O–H groups in total. The van der Waals surface area contributed by atoms with E-state index in [9.17, 15) is 29.8 Å². The summed E-state index contributed by atoms with van der Waals surface area (Å²) in [4.78, 5) is 44.9. The number of halogens is 4. The molecule has 0 aromatic heterocycles. The predicted molar refractivity (Wildman–Crippen MR) is 128 cm³/mol. The molecule has 2 amide bonds. The van der Waals surface area contributed by atoms with Crippen LogP contribution in [-0.4, -0.2) is 47.5 Å². The molecular formula is C19H16Cl4N4O8. The lowest BCUT2D eigenvalue weighted by Crippen LogP contribution is -2.44. The Labute approximate surface area is 217 Å². The van der Waals surface area contributed by atoms with Gasteiger partial charge in [0, 0.05) is 34.8 Å². The topological polar surface area (TPSA) is 163 Å². The molecule has 16 heteroatoms. The number of rotatable bonds is 11. The normalized spacial score (nSPS) is 11.3. The summed E-state index contributed by atoms with van der Waals surface area (Å²) in [7, 11) is 0. The van der Waals surface area contributed by atoms with Gasteiger partial charge in [-0.3, -0.25) is 29.8 Å². The van der Waals surface area contributed by atoms with Crippen LogP contribution in [0.3, 0.4) is 0 Å². The minimum Gasteiger partial charge on any atom is -0.476 e. The molecule has 1 atom stereocenters. The first-order chi connectivity index (χ1) is 16.4. The van der Waals surface area contributed by atoms with Crippen molar-refractivity contribution in [3.8, 4) is 11.5 Å². The second-order valence-corrected chi connectivity index (χ2v) is 8.52. The van der Waals surface area contributed by atoms with Gasteiger partial charge in [-0.25, -0.2) is 0 Å². The molecule has 0 aliphatic rings. The number of benzene rings is 2. The zero-order valence-electron chi connectivity index (χ0n) is 17.7. The van der Waals surface area contributed by atoms with Gasteiger partial charge in [0.25, 0.3) is 11.8 Å². The van der Waals surface area contributed by atoms with Crippen molar-refractivity contribution >= 4 is 69.6 Å². The second-order valence-electron chi connectivity index (χ2n) is 6.84. The van der Waals surface area contributed by atoms with Crippen molar-refractivity contribution in [2.45, 2.75) is 13.0 Å². The smallest absolute Gasteiger partial charge is 0.314 e. The van der Waals surface area contributed by atoms with E-state index in [1.807, 2.05) is 0 Å². The maximum Gasteiger partial charge on any atom is 0.314 e. The molecule has 12 nitrogen and oxygen atoms in total. The van der Waals surface area contributed by atoms with Crippen LogP contribution < -0.4 is 20.1 Å². The Bertz CT molecular complexity index is 1160. The standard InChI is InChI=1S/C19H16Cl4N4O8/c1-9(25-17(29)8-35-19-13(23)3-11(21)5-15(19)27(32)33)6-24-16(28)7-34-18-12(22)2-10(20)4-14(18)26(30)31/h2-5,9H,6-8H2,1H3,(H,24,28)(H,25,29)/t9-/m1/s1. The summed E-state index contributed by atoms with van der Waals surface area (Å²) in [5, 5.41) is 27.0. The highest BCUT2D eigenvalue weighted by atomic mass is 35.5. The highest BCUT2D eigenvalue weighted by Crippen LogP contribution is 2.38. The van der Waals surface area contributed by atoms with E-state index < -0.39 is 52.3 Å². The van der Waals surface area contributed by atoms with E-state index in [0.29, 0.717) is 0 Å². The number of hydrogen-bond donors (Lipinski definition) is 2. The summed E-state index contributed by atoms with van der Waals surface area (Å²) in [6.07, 6.45) is 0. The van der Waals surface area contributed by atoms with Crippen molar-refractivity contribution in [1.29, 1.82) is 0 Å². The van der Waals surface area contributed by atoms with Gasteiger partial charge >= 0.3 is 11.4 Å². The molecule has 35 heavy (non-hydrogen) atoms. The van der Waals surface area contributed by atoms with Crippen LogP contribution in [0.5, 0.6) is 11.5 Å². The van der Waals surface area contributed by atoms with E-state index in [-0.39, 0.29) is 38.1 Å². The van der Waals surface area contributed by atoms with Crippen LogP contribution in [0, 0.1) is 20.2 Å². The van der Waals surface area contributed by atoms with Crippen LogP contribution in [-0.2, 0) is 9.59 Å². The van der Waals surface area contributed by atoms with E-state index >= 15 is 0 Å². The van der Waals surface area contributed by atoms with Gasteiger partial charge in [-0.2, -0.15) is 0 Å². The second kappa shape index (κ2) is 12.6. The Morgan fingerprint density at radius 3 is 1.71 bits per heavy atom. The van der Waals surface area contributed by atoms with Gasteiger partial charge < -0.3 is 20.1 Å². The van der Waals surface area contributed by atoms with Crippen molar-refractivity contribution in [1.82, 2.24) is 10.6 Å². The van der Waals surface area contributed by atoms with Gasteiger partial charge in [0.15, 0.2) is 13.2 Å². The van der Waals surface area contributed by atoms with Crippen LogP contribution in [0.25, 0.3) is 0 Å². The quantitative estimate of drug-likeness (QED) is 0.300. The summed E-state index contributed by atoms with van der Waals surface area (Å²) in [6.45, 7) is 0.344. The first-order valence-corrected chi connectivity index (χ1v) is 11.0. The number of amides is 2. The lowest BCUT2D eigenvalue weighted by atomic mass is 10.3. The van der Waals surface area contributed by atoms with Gasteiger partial charge in [-0.05, 0) is 19.1 Å². The molecule has 0 aliphatic carbocycles.